The minimum atomic E-state index is -4.40. The summed E-state index contributed by atoms with van der Waals surface area (Å²) in [6.45, 7) is 0.749. The number of hydrogen-bond donors (Lipinski definition) is 1. The second kappa shape index (κ2) is 5.10. The normalized spacial score (nSPS) is 28.9. The maximum Gasteiger partial charge on any atom is 0.417 e. The summed E-state index contributed by atoms with van der Waals surface area (Å²) in [6.07, 6.45) is 1.57. The minimum Gasteiger partial charge on any atom is -0.369 e. The summed E-state index contributed by atoms with van der Waals surface area (Å²) in [5, 5.41) is 3.14. The first-order chi connectivity index (χ1) is 9.43. The molecule has 110 valence electrons. The van der Waals surface area contributed by atoms with Crippen molar-refractivity contribution in [1.82, 2.24) is 4.98 Å². The molecule has 0 aromatic carbocycles. The van der Waals surface area contributed by atoms with E-state index in [0.29, 0.717) is 11.7 Å². The quantitative estimate of drug-likeness (QED) is 0.882. The molecule has 0 saturated heterocycles. The van der Waals surface area contributed by atoms with Crippen molar-refractivity contribution in [2.24, 2.45) is 17.8 Å². The second-order valence-electron chi connectivity index (χ2n) is 5.87. The summed E-state index contributed by atoms with van der Waals surface area (Å²) in [5.41, 5.74) is -0.812. The van der Waals surface area contributed by atoms with Gasteiger partial charge < -0.3 is 5.32 Å². The van der Waals surface area contributed by atoms with E-state index in [0.717, 1.165) is 30.6 Å². The van der Waals surface area contributed by atoms with Gasteiger partial charge in [-0.15, -0.1) is 0 Å². The molecule has 2 aliphatic rings. The Kier molecular flexibility index (Phi) is 3.56. The molecule has 3 rings (SSSR count). The molecule has 2 bridgehead atoms. The van der Waals surface area contributed by atoms with Crippen LogP contribution >= 0.6 is 11.6 Å². The largest absolute Gasteiger partial charge is 0.417 e. The fourth-order valence-electron chi connectivity index (χ4n) is 3.58. The van der Waals surface area contributed by atoms with E-state index >= 15 is 0 Å². The molecular weight excluding hydrogens is 289 g/mol. The van der Waals surface area contributed by atoms with Gasteiger partial charge in [-0.3, -0.25) is 0 Å². The number of aromatic nitrogens is 1. The van der Waals surface area contributed by atoms with Crippen molar-refractivity contribution in [1.29, 1.82) is 0 Å². The van der Waals surface area contributed by atoms with E-state index in [2.05, 4.69) is 10.3 Å². The number of nitrogens with one attached hydrogen (secondary N) is 1. The highest BCUT2D eigenvalue weighted by Gasteiger charge is 2.39. The smallest absolute Gasteiger partial charge is 0.369 e. The third-order valence-corrected chi connectivity index (χ3v) is 4.87. The summed E-state index contributed by atoms with van der Waals surface area (Å²) in [4.78, 5) is 3.80. The number of nitrogens with zero attached hydrogens (tertiary/aromatic N) is 1. The van der Waals surface area contributed by atoms with Gasteiger partial charge in [-0.2, -0.15) is 13.2 Å². The van der Waals surface area contributed by atoms with Gasteiger partial charge in [0.25, 0.3) is 0 Å². The lowest BCUT2D eigenvalue weighted by Crippen LogP contribution is -2.20. The number of pyridine rings is 1. The van der Waals surface area contributed by atoms with Crippen molar-refractivity contribution in [3.05, 3.63) is 22.8 Å². The molecule has 2 fully saturated rings. The van der Waals surface area contributed by atoms with Crippen LogP contribution in [-0.4, -0.2) is 11.5 Å². The lowest BCUT2D eigenvalue weighted by molar-refractivity contribution is -0.137. The van der Waals surface area contributed by atoms with Crippen LogP contribution in [0.3, 0.4) is 0 Å². The summed E-state index contributed by atoms with van der Waals surface area (Å²) < 4.78 is 37.5. The van der Waals surface area contributed by atoms with Crippen LogP contribution in [0, 0.1) is 17.8 Å². The molecule has 3 unspecified atom stereocenters. The number of alkyl halides is 3. The highest BCUT2D eigenvalue weighted by molar-refractivity contribution is 6.32. The lowest BCUT2D eigenvalue weighted by Gasteiger charge is -2.22. The second-order valence-corrected chi connectivity index (χ2v) is 6.28. The average molecular weight is 305 g/mol. The van der Waals surface area contributed by atoms with E-state index in [1.165, 1.54) is 25.7 Å². The Morgan fingerprint density at radius 2 is 2.10 bits per heavy atom. The summed E-state index contributed by atoms with van der Waals surface area (Å²) >= 11 is 5.87. The monoisotopic (exact) mass is 304 g/mol. The Balaban J connectivity index is 1.63. The summed E-state index contributed by atoms with van der Waals surface area (Å²) in [5.74, 6) is 2.57. The predicted molar refractivity (Wildman–Crippen MR) is 71.7 cm³/mol. The Labute approximate surface area is 120 Å². The molecule has 0 spiro atoms. The maximum atomic E-state index is 12.5. The van der Waals surface area contributed by atoms with Crippen LogP contribution in [0.5, 0.6) is 0 Å². The van der Waals surface area contributed by atoms with Gasteiger partial charge in [0.15, 0.2) is 0 Å². The summed E-state index contributed by atoms with van der Waals surface area (Å²) in [6, 6.07) is 0.928. The number of rotatable bonds is 3. The van der Waals surface area contributed by atoms with Crippen molar-refractivity contribution in [3.63, 3.8) is 0 Å². The Bertz CT molecular complexity index is 504. The van der Waals surface area contributed by atoms with Crippen molar-refractivity contribution >= 4 is 17.4 Å². The van der Waals surface area contributed by atoms with Crippen molar-refractivity contribution in [2.75, 3.05) is 11.9 Å². The lowest BCUT2D eigenvalue weighted by atomic mass is 9.89. The van der Waals surface area contributed by atoms with Gasteiger partial charge in [0.2, 0.25) is 0 Å². The number of halogens is 4. The highest BCUT2D eigenvalue weighted by atomic mass is 35.5. The zero-order valence-corrected chi connectivity index (χ0v) is 11.6. The van der Waals surface area contributed by atoms with Crippen LogP contribution in [0.2, 0.25) is 5.02 Å². The topological polar surface area (TPSA) is 24.9 Å². The Morgan fingerprint density at radius 3 is 2.65 bits per heavy atom. The molecule has 0 amide bonds. The van der Waals surface area contributed by atoms with Gasteiger partial charge in [-0.05, 0) is 43.1 Å². The molecule has 0 aliphatic heterocycles. The van der Waals surface area contributed by atoms with Crippen LogP contribution in [0.15, 0.2) is 12.3 Å². The highest BCUT2D eigenvalue weighted by Crippen LogP contribution is 2.48. The van der Waals surface area contributed by atoms with E-state index in [-0.39, 0.29) is 5.02 Å². The van der Waals surface area contributed by atoms with Crippen LogP contribution in [0.4, 0.5) is 19.0 Å². The van der Waals surface area contributed by atoms with Gasteiger partial charge in [0.1, 0.15) is 5.82 Å². The molecule has 3 atom stereocenters. The van der Waals surface area contributed by atoms with Crippen LogP contribution in [-0.2, 0) is 6.18 Å². The Hall–Kier alpha value is -0.970. The van der Waals surface area contributed by atoms with Crippen LogP contribution in [0.25, 0.3) is 0 Å². The maximum absolute atomic E-state index is 12.5. The number of anilines is 1. The van der Waals surface area contributed by atoms with Gasteiger partial charge >= 0.3 is 6.18 Å². The first-order valence-corrected chi connectivity index (χ1v) is 7.28. The summed E-state index contributed by atoms with van der Waals surface area (Å²) in [7, 11) is 0. The predicted octanol–water partition coefficient (Wildman–Crippen LogP) is 4.60. The van der Waals surface area contributed by atoms with E-state index in [1.807, 2.05) is 0 Å². The third kappa shape index (κ3) is 2.73. The van der Waals surface area contributed by atoms with Gasteiger partial charge in [0.05, 0.1) is 10.6 Å². The zero-order valence-electron chi connectivity index (χ0n) is 10.9. The first-order valence-electron chi connectivity index (χ1n) is 6.90. The molecule has 1 aromatic rings. The van der Waals surface area contributed by atoms with Crippen molar-refractivity contribution in [3.8, 4) is 0 Å². The third-order valence-electron chi connectivity index (χ3n) is 4.58. The minimum absolute atomic E-state index is 0.0305. The standard InChI is InChI=1S/C14H16ClF3N2/c15-12-5-11(14(16,17)18)7-20-13(12)19-6-10-4-8-1-2-9(10)3-8/h5,7-10H,1-4,6H2,(H,19,20). The first kappa shape index (κ1) is 14.0. The van der Waals surface area contributed by atoms with Gasteiger partial charge in [-0.1, -0.05) is 18.0 Å². The average Bonchev–Trinajstić information content (AvgIpc) is 2.98. The molecule has 20 heavy (non-hydrogen) atoms. The molecule has 0 radical (unpaired) electrons. The van der Waals surface area contributed by atoms with Crippen LogP contribution in [0.1, 0.15) is 31.2 Å². The van der Waals surface area contributed by atoms with E-state index in [9.17, 15) is 13.2 Å². The number of fused-ring (bicyclic) bond motifs is 2. The van der Waals surface area contributed by atoms with Crippen molar-refractivity contribution in [2.45, 2.75) is 31.9 Å². The zero-order chi connectivity index (χ0) is 14.3. The molecule has 1 heterocycles. The number of hydrogen-bond acceptors (Lipinski definition) is 2. The van der Waals surface area contributed by atoms with Gasteiger partial charge in [-0.25, -0.2) is 4.98 Å². The van der Waals surface area contributed by atoms with E-state index in [4.69, 9.17) is 11.6 Å². The molecular formula is C14H16ClF3N2. The SMILES string of the molecule is FC(F)(F)c1cnc(NCC2CC3CCC2C3)c(Cl)c1. The molecule has 2 aliphatic carbocycles. The van der Waals surface area contributed by atoms with Crippen LogP contribution < -0.4 is 5.32 Å². The van der Waals surface area contributed by atoms with Crippen molar-refractivity contribution < 1.29 is 13.2 Å². The molecule has 2 nitrogen and oxygen atoms in total. The Morgan fingerprint density at radius 1 is 1.30 bits per heavy atom. The van der Waals surface area contributed by atoms with Gasteiger partial charge in [0, 0.05) is 12.7 Å². The fourth-order valence-corrected chi connectivity index (χ4v) is 3.81. The molecule has 1 aromatic heterocycles. The fraction of sp³-hybridized carbons (Fsp3) is 0.643. The molecule has 6 heteroatoms. The van der Waals surface area contributed by atoms with E-state index < -0.39 is 11.7 Å². The molecule has 1 N–H and O–H groups in total. The van der Waals surface area contributed by atoms with E-state index in [1.54, 1.807) is 0 Å². The molecule has 2 saturated carbocycles.